The Kier molecular flexibility index (Phi) is 4.96. The number of sulfonamides is 1. The maximum absolute atomic E-state index is 12.8. The molecule has 7 heteroatoms. The first-order valence-electron chi connectivity index (χ1n) is 8.45. The average molecular weight is 362 g/mol. The summed E-state index contributed by atoms with van der Waals surface area (Å²) >= 11 is 0. The molecule has 0 bridgehead atoms. The first-order chi connectivity index (χ1) is 12.0. The van der Waals surface area contributed by atoms with Gasteiger partial charge in [0.15, 0.2) is 0 Å². The van der Waals surface area contributed by atoms with Gasteiger partial charge in [0.05, 0.1) is 10.6 Å². The van der Waals surface area contributed by atoms with Crippen molar-refractivity contribution in [2.24, 2.45) is 5.92 Å². The number of carbonyl (C=O) groups is 1. The second-order valence-corrected chi connectivity index (χ2v) is 8.27. The standard InChI is InChI=1S/C18H22N2O4S/c1-13(18(21)19-22)7-3-2-4-12-20-15-10-5-8-14-9-6-11-16(17(14)15)25(20,23)24/h5-6,8-11,13,22H,2-4,7,12H2,1H3,(H,19,21). The largest absolute Gasteiger partial charge is 0.289 e. The highest BCUT2D eigenvalue weighted by atomic mass is 32.2. The molecule has 3 rings (SSSR count). The SMILES string of the molecule is CC(CCCCCN1c2cccc3cccc(c23)S1(=O)=O)C(=O)NO. The van der Waals surface area contributed by atoms with E-state index in [0.29, 0.717) is 17.9 Å². The van der Waals surface area contributed by atoms with Gasteiger partial charge >= 0.3 is 0 Å². The number of amides is 1. The summed E-state index contributed by atoms with van der Waals surface area (Å²) in [6.07, 6.45) is 3.01. The van der Waals surface area contributed by atoms with E-state index in [1.807, 2.05) is 24.3 Å². The van der Waals surface area contributed by atoms with Gasteiger partial charge in [0.25, 0.3) is 10.0 Å². The van der Waals surface area contributed by atoms with Crippen LogP contribution >= 0.6 is 0 Å². The van der Waals surface area contributed by atoms with E-state index in [1.54, 1.807) is 24.5 Å². The number of rotatable bonds is 7. The minimum absolute atomic E-state index is 0.251. The van der Waals surface area contributed by atoms with Crippen molar-refractivity contribution in [3.05, 3.63) is 36.4 Å². The van der Waals surface area contributed by atoms with Crippen LogP contribution in [0.1, 0.15) is 32.6 Å². The molecule has 0 saturated heterocycles. The highest BCUT2D eigenvalue weighted by Crippen LogP contribution is 2.41. The lowest BCUT2D eigenvalue weighted by molar-refractivity contribution is -0.133. The van der Waals surface area contributed by atoms with Crippen LogP contribution in [0, 0.1) is 5.92 Å². The van der Waals surface area contributed by atoms with Gasteiger partial charge in [-0.3, -0.25) is 14.3 Å². The predicted molar refractivity (Wildman–Crippen MR) is 96.0 cm³/mol. The second-order valence-electron chi connectivity index (χ2n) is 6.44. The smallest absolute Gasteiger partial charge is 0.265 e. The lowest BCUT2D eigenvalue weighted by Gasteiger charge is -2.18. The van der Waals surface area contributed by atoms with Crippen LogP contribution in [0.3, 0.4) is 0 Å². The van der Waals surface area contributed by atoms with E-state index in [0.717, 1.165) is 35.7 Å². The van der Waals surface area contributed by atoms with Gasteiger partial charge in [0.2, 0.25) is 5.91 Å². The van der Waals surface area contributed by atoms with E-state index in [2.05, 4.69) is 0 Å². The quantitative estimate of drug-likeness (QED) is 0.450. The summed E-state index contributed by atoms with van der Waals surface area (Å²) in [5.74, 6) is -0.636. The Morgan fingerprint density at radius 3 is 2.60 bits per heavy atom. The molecular formula is C18H22N2O4S. The molecule has 1 aliphatic heterocycles. The summed E-state index contributed by atoms with van der Waals surface area (Å²) in [6, 6.07) is 11.0. The number of hydroxylamine groups is 1. The normalized spacial score (nSPS) is 16.2. The van der Waals surface area contributed by atoms with Gasteiger partial charge in [-0.1, -0.05) is 44.0 Å². The Balaban J connectivity index is 1.65. The van der Waals surface area contributed by atoms with E-state index >= 15 is 0 Å². The summed E-state index contributed by atoms with van der Waals surface area (Å²) < 4.78 is 27.1. The zero-order valence-corrected chi connectivity index (χ0v) is 14.9. The molecular weight excluding hydrogens is 340 g/mol. The summed E-state index contributed by atoms with van der Waals surface area (Å²) in [5.41, 5.74) is 2.41. The molecule has 25 heavy (non-hydrogen) atoms. The number of nitrogens with one attached hydrogen (secondary N) is 1. The number of benzene rings is 2. The Hall–Kier alpha value is -2.12. The van der Waals surface area contributed by atoms with Gasteiger partial charge in [0, 0.05) is 17.8 Å². The Morgan fingerprint density at radius 2 is 1.88 bits per heavy atom. The van der Waals surface area contributed by atoms with Crippen LogP contribution in [0.5, 0.6) is 0 Å². The summed E-state index contributed by atoms with van der Waals surface area (Å²) in [5, 5.41) is 10.3. The van der Waals surface area contributed by atoms with Crippen molar-refractivity contribution in [1.82, 2.24) is 5.48 Å². The highest BCUT2D eigenvalue weighted by molar-refractivity contribution is 7.93. The van der Waals surface area contributed by atoms with Crippen molar-refractivity contribution in [3.8, 4) is 0 Å². The van der Waals surface area contributed by atoms with Gasteiger partial charge in [-0.15, -0.1) is 0 Å². The first kappa shape index (κ1) is 17.7. The summed E-state index contributed by atoms with van der Waals surface area (Å²) in [7, 11) is -3.48. The molecule has 2 N–H and O–H groups in total. The molecule has 0 aromatic heterocycles. The first-order valence-corrected chi connectivity index (χ1v) is 9.89. The zero-order valence-electron chi connectivity index (χ0n) is 14.1. The molecule has 1 heterocycles. The highest BCUT2D eigenvalue weighted by Gasteiger charge is 2.34. The Bertz CT molecular complexity index is 890. The fourth-order valence-corrected chi connectivity index (χ4v) is 5.07. The molecule has 1 aliphatic rings. The maximum atomic E-state index is 12.8. The Labute approximate surface area is 147 Å². The number of hydrogen-bond acceptors (Lipinski definition) is 4. The van der Waals surface area contributed by atoms with Crippen LogP contribution in [0.4, 0.5) is 5.69 Å². The number of nitrogens with zero attached hydrogens (tertiary/aromatic N) is 1. The van der Waals surface area contributed by atoms with Gasteiger partial charge in [-0.05, 0) is 30.4 Å². The fraction of sp³-hybridized carbons (Fsp3) is 0.389. The molecule has 2 aromatic carbocycles. The number of carbonyl (C=O) groups excluding carboxylic acids is 1. The molecule has 134 valence electrons. The summed E-state index contributed by atoms with van der Waals surface area (Å²) in [4.78, 5) is 11.6. The van der Waals surface area contributed by atoms with Crippen LogP contribution < -0.4 is 9.79 Å². The fourth-order valence-electron chi connectivity index (χ4n) is 3.32. The lowest BCUT2D eigenvalue weighted by Crippen LogP contribution is -2.28. The zero-order chi connectivity index (χ0) is 18.0. The molecule has 2 aromatic rings. The third-order valence-corrected chi connectivity index (χ3v) is 6.59. The maximum Gasteiger partial charge on any atom is 0.265 e. The molecule has 0 spiro atoms. The van der Waals surface area contributed by atoms with E-state index in [9.17, 15) is 13.2 Å². The van der Waals surface area contributed by atoms with Crippen molar-refractivity contribution in [2.75, 3.05) is 10.8 Å². The minimum Gasteiger partial charge on any atom is -0.289 e. The Morgan fingerprint density at radius 1 is 1.16 bits per heavy atom. The second kappa shape index (κ2) is 7.01. The van der Waals surface area contributed by atoms with Gasteiger partial charge in [-0.25, -0.2) is 13.9 Å². The molecule has 0 fully saturated rings. The summed E-state index contributed by atoms with van der Waals surface area (Å²) in [6.45, 7) is 2.19. The van der Waals surface area contributed by atoms with E-state index in [4.69, 9.17) is 5.21 Å². The predicted octanol–water partition coefficient (Wildman–Crippen LogP) is 3.05. The van der Waals surface area contributed by atoms with Gasteiger partial charge < -0.3 is 0 Å². The van der Waals surface area contributed by atoms with Gasteiger partial charge in [-0.2, -0.15) is 0 Å². The van der Waals surface area contributed by atoms with Crippen LogP contribution in [-0.4, -0.2) is 26.1 Å². The van der Waals surface area contributed by atoms with Crippen LogP contribution in [-0.2, 0) is 14.8 Å². The molecule has 1 unspecified atom stereocenters. The van der Waals surface area contributed by atoms with E-state index < -0.39 is 10.0 Å². The monoisotopic (exact) mass is 362 g/mol. The van der Waals surface area contributed by atoms with Crippen molar-refractivity contribution >= 4 is 32.4 Å². The van der Waals surface area contributed by atoms with Gasteiger partial charge in [0.1, 0.15) is 0 Å². The average Bonchev–Trinajstić information content (AvgIpc) is 2.83. The molecule has 0 aliphatic carbocycles. The molecule has 1 amide bonds. The number of unbranched alkanes of at least 4 members (excludes halogenated alkanes) is 2. The lowest BCUT2D eigenvalue weighted by atomic mass is 10.0. The molecule has 6 nitrogen and oxygen atoms in total. The topological polar surface area (TPSA) is 86.7 Å². The van der Waals surface area contributed by atoms with Crippen molar-refractivity contribution in [1.29, 1.82) is 0 Å². The molecule has 1 atom stereocenters. The van der Waals surface area contributed by atoms with E-state index in [1.165, 1.54) is 4.31 Å². The van der Waals surface area contributed by atoms with Crippen molar-refractivity contribution in [3.63, 3.8) is 0 Å². The van der Waals surface area contributed by atoms with Crippen molar-refractivity contribution < 1.29 is 18.4 Å². The molecule has 0 saturated carbocycles. The third-order valence-electron chi connectivity index (χ3n) is 4.74. The minimum atomic E-state index is -3.48. The van der Waals surface area contributed by atoms with Crippen LogP contribution in [0.25, 0.3) is 10.8 Å². The van der Waals surface area contributed by atoms with Crippen LogP contribution in [0.15, 0.2) is 41.3 Å². The number of hydrogen-bond donors (Lipinski definition) is 2. The third kappa shape index (κ3) is 3.21. The molecule has 0 radical (unpaired) electrons. The van der Waals surface area contributed by atoms with E-state index in [-0.39, 0.29) is 11.8 Å². The van der Waals surface area contributed by atoms with Crippen molar-refractivity contribution in [2.45, 2.75) is 37.5 Å². The number of anilines is 1. The van der Waals surface area contributed by atoms with Crippen LogP contribution in [0.2, 0.25) is 0 Å².